The van der Waals surface area contributed by atoms with E-state index in [2.05, 4.69) is 10.1 Å². The number of pyridine rings is 1. The van der Waals surface area contributed by atoms with Gasteiger partial charge < -0.3 is 0 Å². The molecule has 3 heteroatoms. The molecule has 1 atom stereocenters. The van der Waals surface area contributed by atoms with E-state index in [1.807, 2.05) is 19.1 Å². The van der Waals surface area contributed by atoms with E-state index in [9.17, 15) is 0 Å². The van der Waals surface area contributed by atoms with Crippen LogP contribution in [0.25, 0.3) is 0 Å². The zero-order valence-corrected chi connectivity index (χ0v) is 5.78. The van der Waals surface area contributed by atoms with E-state index in [0.29, 0.717) is 0 Å². The molecule has 0 aliphatic heterocycles. The smallest absolute Gasteiger partial charge is 0.0928 e. The number of hydrogen-bond acceptors (Lipinski definition) is 3. The molecule has 10 heavy (non-hydrogen) atoms. The summed E-state index contributed by atoms with van der Waals surface area (Å²) < 4.78 is 0. The summed E-state index contributed by atoms with van der Waals surface area (Å²) in [6.45, 7) is 1.88. The van der Waals surface area contributed by atoms with E-state index in [4.69, 9.17) is 5.53 Å². The summed E-state index contributed by atoms with van der Waals surface area (Å²) >= 11 is 0. The molecule has 0 bridgehead atoms. The predicted octanol–water partition coefficient (Wildman–Crippen LogP) is 2.17. The lowest BCUT2D eigenvalue weighted by atomic mass is 10.1. The van der Waals surface area contributed by atoms with Crippen LogP contribution in [-0.2, 0) is 0 Å². The first-order valence-corrected chi connectivity index (χ1v) is 3.11. The van der Waals surface area contributed by atoms with Crippen molar-refractivity contribution in [2.24, 2.45) is 5.11 Å². The van der Waals surface area contributed by atoms with Gasteiger partial charge in [-0.25, -0.2) is 5.53 Å². The molecule has 0 fully saturated rings. The minimum Gasteiger partial charge on any atom is -0.265 e. The van der Waals surface area contributed by atoms with Crippen molar-refractivity contribution in [3.63, 3.8) is 0 Å². The molecule has 0 amide bonds. The Morgan fingerprint density at radius 2 is 2.10 bits per heavy atom. The fourth-order valence-corrected chi connectivity index (χ4v) is 0.716. The van der Waals surface area contributed by atoms with Crippen LogP contribution in [0.15, 0.2) is 29.6 Å². The van der Waals surface area contributed by atoms with Gasteiger partial charge in [0.05, 0.1) is 6.04 Å². The van der Waals surface area contributed by atoms with Gasteiger partial charge in [-0.05, 0) is 24.6 Å². The normalized spacial score (nSPS) is 12.5. The summed E-state index contributed by atoms with van der Waals surface area (Å²) in [5.74, 6) is 0. The summed E-state index contributed by atoms with van der Waals surface area (Å²) in [5, 5.41) is 3.38. The minimum atomic E-state index is -0.0389. The van der Waals surface area contributed by atoms with Crippen LogP contribution in [0.3, 0.4) is 0 Å². The second-order valence-corrected chi connectivity index (χ2v) is 2.09. The lowest BCUT2D eigenvalue weighted by Gasteiger charge is -2.00. The van der Waals surface area contributed by atoms with E-state index in [1.165, 1.54) is 0 Å². The Hall–Kier alpha value is -1.25. The number of nitrogens with zero attached hydrogens (tertiary/aromatic N) is 2. The van der Waals surface area contributed by atoms with Crippen molar-refractivity contribution in [2.75, 3.05) is 0 Å². The molecular weight excluding hydrogens is 126 g/mol. The van der Waals surface area contributed by atoms with Crippen LogP contribution in [-0.4, -0.2) is 4.98 Å². The summed E-state index contributed by atoms with van der Waals surface area (Å²) in [7, 11) is 0. The van der Waals surface area contributed by atoms with Crippen molar-refractivity contribution < 1.29 is 0 Å². The van der Waals surface area contributed by atoms with E-state index in [0.717, 1.165) is 5.56 Å². The van der Waals surface area contributed by atoms with Crippen LogP contribution >= 0.6 is 0 Å². The maximum Gasteiger partial charge on any atom is 0.0928 e. The first-order valence-electron chi connectivity index (χ1n) is 3.11. The zero-order valence-electron chi connectivity index (χ0n) is 5.78. The molecule has 0 aliphatic carbocycles. The van der Waals surface area contributed by atoms with Crippen LogP contribution in [0.4, 0.5) is 0 Å². The van der Waals surface area contributed by atoms with Gasteiger partial charge >= 0.3 is 0 Å². The molecule has 1 heterocycles. The maximum absolute atomic E-state index is 6.75. The van der Waals surface area contributed by atoms with E-state index in [-0.39, 0.29) is 6.04 Å². The summed E-state index contributed by atoms with van der Waals surface area (Å²) in [6.07, 6.45) is 3.41. The van der Waals surface area contributed by atoms with E-state index >= 15 is 0 Å². The molecule has 1 aromatic rings. The quantitative estimate of drug-likeness (QED) is 0.621. The third kappa shape index (κ3) is 1.37. The van der Waals surface area contributed by atoms with Gasteiger partial charge in [0.2, 0.25) is 0 Å². The lowest BCUT2D eigenvalue weighted by Crippen LogP contribution is -1.86. The summed E-state index contributed by atoms with van der Waals surface area (Å²) in [4.78, 5) is 3.86. The second kappa shape index (κ2) is 3.06. The van der Waals surface area contributed by atoms with E-state index in [1.54, 1.807) is 12.4 Å². The molecule has 3 nitrogen and oxygen atoms in total. The lowest BCUT2D eigenvalue weighted by molar-refractivity contribution is 0.732. The molecule has 0 aromatic carbocycles. The number of aromatic nitrogens is 1. The van der Waals surface area contributed by atoms with Gasteiger partial charge in [-0.3, -0.25) is 4.98 Å². The molecule has 1 unspecified atom stereocenters. The summed E-state index contributed by atoms with van der Waals surface area (Å²) in [6, 6.07) is 3.69. The third-order valence-corrected chi connectivity index (χ3v) is 1.38. The van der Waals surface area contributed by atoms with Crippen molar-refractivity contribution in [1.29, 1.82) is 5.53 Å². The van der Waals surface area contributed by atoms with Gasteiger partial charge in [0, 0.05) is 12.4 Å². The summed E-state index contributed by atoms with van der Waals surface area (Å²) in [5.41, 5.74) is 7.78. The van der Waals surface area contributed by atoms with Crippen LogP contribution in [0, 0.1) is 5.53 Å². The Morgan fingerprint density at radius 1 is 1.50 bits per heavy atom. The fourth-order valence-electron chi connectivity index (χ4n) is 0.716. The average Bonchev–Trinajstić information content (AvgIpc) is 2.05. The first kappa shape index (κ1) is 6.86. The second-order valence-electron chi connectivity index (χ2n) is 2.09. The van der Waals surface area contributed by atoms with Gasteiger partial charge in [0.25, 0.3) is 0 Å². The van der Waals surface area contributed by atoms with Gasteiger partial charge in [0.1, 0.15) is 0 Å². The largest absolute Gasteiger partial charge is 0.265 e. The van der Waals surface area contributed by atoms with Crippen LogP contribution in [0.5, 0.6) is 0 Å². The van der Waals surface area contributed by atoms with Crippen molar-refractivity contribution in [3.05, 3.63) is 30.1 Å². The van der Waals surface area contributed by atoms with Crippen molar-refractivity contribution in [1.82, 2.24) is 4.98 Å². The molecule has 0 radical (unpaired) electrons. The van der Waals surface area contributed by atoms with Crippen LogP contribution in [0.1, 0.15) is 18.5 Å². The highest BCUT2D eigenvalue weighted by Crippen LogP contribution is 2.13. The Balaban J connectivity index is 2.84. The number of nitrogens with one attached hydrogen (secondary N) is 1. The molecule has 1 aromatic heterocycles. The fraction of sp³-hybridized carbons (Fsp3) is 0.286. The van der Waals surface area contributed by atoms with Gasteiger partial charge in [0.15, 0.2) is 0 Å². The Kier molecular flexibility index (Phi) is 2.10. The highest BCUT2D eigenvalue weighted by molar-refractivity contribution is 5.13. The van der Waals surface area contributed by atoms with Crippen molar-refractivity contribution >= 4 is 0 Å². The van der Waals surface area contributed by atoms with E-state index < -0.39 is 0 Å². The van der Waals surface area contributed by atoms with Crippen molar-refractivity contribution in [2.45, 2.75) is 13.0 Å². The molecule has 0 aliphatic rings. The Morgan fingerprint density at radius 3 is 2.60 bits per heavy atom. The molecule has 0 spiro atoms. The highest BCUT2D eigenvalue weighted by Gasteiger charge is 1.99. The average molecular weight is 135 g/mol. The molecular formula is C7H9N3. The van der Waals surface area contributed by atoms with Crippen LogP contribution < -0.4 is 0 Å². The first-order chi connectivity index (χ1) is 4.84. The number of rotatable bonds is 2. The molecule has 1 N–H and O–H groups in total. The molecule has 0 saturated heterocycles. The Bertz CT molecular complexity index is 207. The minimum absolute atomic E-state index is 0.0389. The molecule has 1 rings (SSSR count). The SMILES string of the molecule is CC(N=N)c1ccncc1. The highest BCUT2D eigenvalue weighted by atomic mass is 15.0. The third-order valence-electron chi connectivity index (χ3n) is 1.38. The maximum atomic E-state index is 6.75. The number of hydrogen-bond donors (Lipinski definition) is 1. The topological polar surface area (TPSA) is 49.1 Å². The Labute approximate surface area is 59.6 Å². The van der Waals surface area contributed by atoms with Gasteiger partial charge in [-0.15, -0.1) is 0 Å². The molecule has 52 valence electrons. The zero-order chi connectivity index (χ0) is 7.40. The predicted molar refractivity (Wildman–Crippen MR) is 37.8 cm³/mol. The van der Waals surface area contributed by atoms with Gasteiger partial charge in [-0.1, -0.05) is 0 Å². The van der Waals surface area contributed by atoms with Gasteiger partial charge in [-0.2, -0.15) is 5.11 Å². The van der Waals surface area contributed by atoms with Crippen LogP contribution in [0.2, 0.25) is 0 Å². The van der Waals surface area contributed by atoms with Crippen molar-refractivity contribution in [3.8, 4) is 0 Å². The standard InChI is InChI=1S/C7H9N3/c1-6(10-8)7-2-4-9-5-3-7/h2-6,8H,1H3. The molecule has 0 saturated carbocycles. The monoisotopic (exact) mass is 135 g/mol.